The lowest BCUT2D eigenvalue weighted by Crippen LogP contribution is -2.51. The number of nitrogens with zero attached hydrogens (tertiary/aromatic N) is 3. The number of piperazine rings is 1. The molecule has 2 saturated heterocycles. The van der Waals surface area contributed by atoms with Gasteiger partial charge in [0.2, 0.25) is 0 Å². The third kappa shape index (κ3) is 3.35. The molecule has 2 amide bonds. The van der Waals surface area contributed by atoms with Gasteiger partial charge < -0.3 is 19.3 Å². The average Bonchev–Trinajstić information content (AvgIpc) is 3.04. The van der Waals surface area contributed by atoms with Crippen LogP contribution >= 0.6 is 0 Å². The van der Waals surface area contributed by atoms with Crippen LogP contribution in [0.3, 0.4) is 0 Å². The van der Waals surface area contributed by atoms with Gasteiger partial charge in [0.1, 0.15) is 13.2 Å². The second-order valence-electron chi connectivity index (χ2n) is 8.29. The van der Waals surface area contributed by atoms with E-state index in [0.717, 1.165) is 44.2 Å². The van der Waals surface area contributed by atoms with Gasteiger partial charge in [-0.3, -0.25) is 4.90 Å². The number of urea groups is 1. The highest BCUT2D eigenvalue weighted by Crippen LogP contribution is 2.32. The number of carbonyl (C=O) groups excluding carboxylic acids is 1. The minimum atomic E-state index is 0.283. The summed E-state index contributed by atoms with van der Waals surface area (Å²) in [5, 5.41) is 0. The molecule has 4 aliphatic rings. The van der Waals surface area contributed by atoms with Crippen LogP contribution in [0.1, 0.15) is 37.7 Å². The maximum Gasteiger partial charge on any atom is 0.320 e. The molecular weight excluding hydrogens is 342 g/mol. The number of rotatable bonds is 3. The maximum absolute atomic E-state index is 12.9. The number of benzene rings is 1. The van der Waals surface area contributed by atoms with Gasteiger partial charge in [-0.15, -0.1) is 0 Å². The van der Waals surface area contributed by atoms with Gasteiger partial charge in [-0.2, -0.15) is 0 Å². The van der Waals surface area contributed by atoms with E-state index in [-0.39, 0.29) is 6.03 Å². The van der Waals surface area contributed by atoms with Crippen molar-refractivity contribution in [3.63, 3.8) is 0 Å². The summed E-state index contributed by atoms with van der Waals surface area (Å²) in [4.78, 5) is 19.6. The summed E-state index contributed by atoms with van der Waals surface area (Å²) >= 11 is 0. The highest BCUT2D eigenvalue weighted by molar-refractivity contribution is 5.77. The van der Waals surface area contributed by atoms with E-state index in [1.165, 1.54) is 37.7 Å². The number of hydrogen-bond acceptors (Lipinski definition) is 4. The van der Waals surface area contributed by atoms with Crippen molar-refractivity contribution in [1.82, 2.24) is 14.7 Å². The van der Waals surface area contributed by atoms with Gasteiger partial charge >= 0.3 is 6.03 Å². The summed E-state index contributed by atoms with van der Waals surface area (Å²) in [7, 11) is 0. The molecule has 27 heavy (non-hydrogen) atoms. The van der Waals surface area contributed by atoms with Crippen molar-refractivity contribution in [1.29, 1.82) is 0 Å². The zero-order valence-electron chi connectivity index (χ0n) is 15.9. The predicted molar refractivity (Wildman–Crippen MR) is 102 cm³/mol. The first kappa shape index (κ1) is 17.2. The summed E-state index contributed by atoms with van der Waals surface area (Å²) in [5.74, 6) is 1.70. The van der Waals surface area contributed by atoms with Crippen LogP contribution in [0.15, 0.2) is 18.2 Å². The zero-order valence-corrected chi connectivity index (χ0v) is 15.9. The summed E-state index contributed by atoms with van der Waals surface area (Å²) in [5.41, 5.74) is 1.25. The Kier molecular flexibility index (Phi) is 4.60. The van der Waals surface area contributed by atoms with E-state index in [9.17, 15) is 4.79 Å². The van der Waals surface area contributed by atoms with E-state index in [2.05, 4.69) is 26.8 Å². The topological polar surface area (TPSA) is 45.3 Å². The third-order valence-corrected chi connectivity index (χ3v) is 6.49. The molecule has 0 radical (unpaired) electrons. The van der Waals surface area contributed by atoms with Crippen molar-refractivity contribution in [2.45, 2.75) is 50.7 Å². The molecule has 1 unspecified atom stereocenters. The van der Waals surface area contributed by atoms with E-state index in [0.29, 0.717) is 25.3 Å². The van der Waals surface area contributed by atoms with Gasteiger partial charge in [0.25, 0.3) is 0 Å². The Morgan fingerprint density at radius 2 is 1.70 bits per heavy atom. The molecule has 1 aromatic rings. The van der Waals surface area contributed by atoms with Crippen molar-refractivity contribution in [3.8, 4) is 11.5 Å². The van der Waals surface area contributed by atoms with Gasteiger partial charge in [-0.25, -0.2) is 4.79 Å². The van der Waals surface area contributed by atoms with Crippen LogP contribution in [0.2, 0.25) is 0 Å². The Morgan fingerprint density at radius 3 is 2.56 bits per heavy atom. The third-order valence-electron chi connectivity index (χ3n) is 6.49. The number of ether oxygens (including phenoxy) is 2. The van der Waals surface area contributed by atoms with Gasteiger partial charge in [0.05, 0.1) is 6.04 Å². The lowest BCUT2D eigenvalue weighted by atomic mass is 9.94. The van der Waals surface area contributed by atoms with Crippen LogP contribution in [-0.4, -0.2) is 72.2 Å². The van der Waals surface area contributed by atoms with Crippen molar-refractivity contribution in [2.75, 3.05) is 39.4 Å². The highest BCUT2D eigenvalue weighted by Gasteiger charge is 2.43. The second-order valence-corrected chi connectivity index (χ2v) is 8.29. The molecule has 1 aliphatic carbocycles. The number of carbonyl (C=O) groups is 1. The maximum atomic E-state index is 12.9. The minimum absolute atomic E-state index is 0.283. The smallest absolute Gasteiger partial charge is 0.320 e. The molecule has 1 atom stereocenters. The Labute approximate surface area is 161 Å². The fraction of sp³-hybridized carbons (Fsp3) is 0.667. The largest absolute Gasteiger partial charge is 0.486 e. The molecule has 0 N–H and O–H groups in total. The molecule has 3 aliphatic heterocycles. The monoisotopic (exact) mass is 371 g/mol. The van der Waals surface area contributed by atoms with Crippen LogP contribution in [0.5, 0.6) is 11.5 Å². The fourth-order valence-corrected chi connectivity index (χ4v) is 5.08. The van der Waals surface area contributed by atoms with Crippen LogP contribution in [0, 0.1) is 0 Å². The summed E-state index contributed by atoms with van der Waals surface area (Å²) in [6.45, 7) is 5.80. The molecule has 146 valence electrons. The molecule has 0 bridgehead atoms. The molecule has 0 spiro atoms. The van der Waals surface area contributed by atoms with Crippen molar-refractivity contribution in [3.05, 3.63) is 23.8 Å². The molecule has 3 heterocycles. The average molecular weight is 371 g/mol. The van der Waals surface area contributed by atoms with E-state index in [4.69, 9.17) is 9.47 Å². The molecule has 0 aromatic heterocycles. The summed E-state index contributed by atoms with van der Waals surface area (Å²) < 4.78 is 11.3. The fourth-order valence-electron chi connectivity index (χ4n) is 5.08. The standard InChI is InChI=1S/C21H29N3O3/c25-21-23-9-8-22(13-16-6-7-19-20(12-16)27-11-10-26-19)14-18(23)15-24(21)17-4-2-1-3-5-17/h6-7,12,17-18H,1-5,8-11,13-15H2. The number of hydrogen-bond donors (Lipinski definition) is 0. The Hall–Kier alpha value is -1.95. The first-order chi connectivity index (χ1) is 13.3. The molecule has 1 aromatic carbocycles. The molecule has 5 rings (SSSR count). The van der Waals surface area contributed by atoms with Gasteiger partial charge in [0, 0.05) is 38.8 Å². The summed E-state index contributed by atoms with van der Waals surface area (Å²) in [6.07, 6.45) is 6.25. The normalized spacial score (nSPS) is 26.4. The minimum Gasteiger partial charge on any atom is -0.486 e. The predicted octanol–water partition coefficient (Wildman–Crippen LogP) is 2.71. The van der Waals surface area contributed by atoms with Gasteiger partial charge in [-0.05, 0) is 30.5 Å². The molecular formula is C21H29N3O3. The van der Waals surface area contributed by atoms with E-state index in [1.807, 2.05) is 6.07 Å². The van der Waals surface area contributed by atoms with E-state index in [1.54, 1.807) is 0 Å². The number of amides is 2. The first-order valence-electron chi connectivity index (χ1n) is 10.5. The Bertz CT molecular complexity index is 704. The van der Waals surface area contributed by atoms with Gasteiger partial charge in [0.15, 0.2) is 11.5 Å². The second kappa shape index (κ2) is 7.23. The number of fused-ring (bicyclic) bond motifs is 2. The van der Waals surface area contributed by atoms with Crippen LogP contribution in [-0.2, 0) is 6.54 Å². The lowest BCUT2D eigenvalue weighted by molar-refractivity contribution is 0.115. The van der Waals surface area contributed by atoms with E-state index < -0.39 is 0 Å². The zero-order chi connectivity index (χ0) is 18.2. The molecule has 3 fully saturated rings. The first-order valence-corrected chi connectivity index (χ1v) is 10.5. The summed E-state index contributed by atoms with van der Waals surface area (Å²) in [6, 6.07) is 7.35. The Morgan fingerprint density at radius 1 is 0.889 bits per heavy atom. The molecule has 6 heteroatoms. The highest BCUT2D eigenvalue weighted by atomic mass is 16.6. The lowest BCUT2D eigenvalue weighted by Gasteiger charge is -2.36. The van der Waals surface area contributed by atoms with Crippen molar-refractivity contribution < 1.29 is 14.3 Å². The van der Waals surface area contributed by atoms with Crippen LogP contribution in [0.4, 0.5) is 4.79 Å². The van der Waals surface area contributed by atoms with Crippen molar-refractivity contribution >= 4 is 6.03 Å². The van der Waals surface area contributed by atoms with Crippen LogP contribution in [0.25, 0.3) is 0 Å². The van der Waals surface area contributed by atoms with Crippen LogP contribution < -0.4 is 9.47 Å². The quantitative estimate of drug-likeness (QED) is 0.820. The molecule has 1 saturated carbocycles. The Balaban J connectivity index is 1.23. The SMILES string of the molecule is O=C1N2CCN(Cc3ccc4c(c3)OCCO4)CC2CN1C1CCCCC1. The molecule has 6 nitrogen and oxygen atoms in total. The van der Waals surface area contributed by atoms with Crippen molar-refractivity contribution in [2.24, 2.45) is 0 Å². The van der Waals surface area contributed by atoms with E-state index >= 15 is 0 Å². The van der Waals surface area contributed by atoms with Gasteiger partial charge in [-0.1, -0.05) is 25.3 Å².